The highest BCUT2D eigenvalue weighted by atomic mass is 16.3. The quantitative estimate of drug-likeness (QED) is 0.821. The second kappa shape index (κ2) is 5.22. The van der Waals surface area contributed by atoms with E-state index >= 15 is 0 Å². The Morgan fingerprint density at radius 1 is 1.12 bits per heavy atom. The average Bonchev–Trinajstić information content (AvgIpc) is 2.39. The van der Waals surface area contributed by atoms with Gasteiger partial charge in [-0.3, -0.25) is 0 Å². The summed E-state index contributed by atoms with van der Waals surface area (Å²) in [5.41, 5.74) is 1.95. The van der Waals surface area contributed by atoms with E-state index in [4.69, 9.17) is 0 Å². The SMILES string of the molecule is CCC(C)c1ccc(C2(O)CCCCC2)cc1. The van der Waals surface area contributed by atoms with Gasteiger partial charge in [-0.1, -0.05) is 57.4 Å². The molecule has 94 valence electrons. The van der Waals surface area contributed by atoms with Gasteiger partial charge in [0.05, 0.1) is 5.60 Å². The third-order valence-electron chi connectivity index (χ3n) is 4.31. The highest BCUT2D eigenvalue weighted by Gasteiger charge is 2.30. The summed E-state index contributed by atoms with van der Waals surface area (Å²) in [5, 5.41) is 10.6. The summed E-state index contributed by atoms with van der Waals surface area (Å²) in [6.07, 6.45) is 6.61. The van der Waals surface area contributed by atoms with Crippen molar-refractivity contribution < 1.29 is 5.11 Å². The molecule has 1 N–H and O–H groups in total. The maximum Gasteiger partial charge on any atom is 0.0896 e. The predicted octanol–water partition coefficient (Wildman–Crippen LogP) is 4.35. The zero-order valence-electron chi connectivity index (χ0n) is 11.1. The molecule has 0 aliphatic heterocycles. The largest absolute Gasteiger partial charge is 0.385 e. The molecule has 1 aromatic carbocycles. The molecule has 0 heterocycles. The van der Waals surface area contributed by atoms with Gasteiger partial charge in [0.2, 0.25) is 0 Å². The van der Waals surface area contributed by atoms with E-state index in [1.54, 1.807) is 0 Å². The summed E-state index contributed by atoms with van der Waals surface area (Å²) in [4.78, 5) is 0. The van der Waals surface area contributed by atoms with Crippen LogP contribution in [0.2, 0.25) is 0 Å². The van der Waals surface area contributed by atoms with Crippen molar-refractivity contribution in [2.45, 2.75) is 63.9 Å². The summed E-state index contributed by atoms with van der Waals surface area (Å²) < 4.78 is 0. The lowest BCUT2D eigenvalue weighted by molar-refractivity contribution is -0.000641. The van der Waals surface area contributed by atoms with E-state index in [0.717, 1.165) is 31.2 Å². The highest BCUT2D eigenvalue weighted by Crippen LogP contribution is 2.37. The average molecular weight is 232 g/mol. The number of aliphatic hydroxyl groups is 1. The summed E-state index contributed by atoms with van der Waals surface area (Å²) in [7, 11) is 0. The van der Waals surface area contributed by atoms with Crippen LogP contribution >= 0.6 is 0 Å². The van der Waals surface area contributed by atoms with E-state index in [2.05, 4.69) is 38.1 Å². The Bertz CT molecular complexity index is 346. The molecule has 1 fully saturated rings. The number of hydrogen-bond acceptors (Lipinski definition) is 1. The van der Waals surface area contributed by atoms with Gasteiger partial charge in [0.25, 0.3) is 0 Å². The molecule has 1 aliphatic rings. The molecule has 0 radical (unpaired) electrons. The zero-order chi connectivity index (χ0) is 12.3. The molecule has 0 spiro atoms. The number of benzene rings is 1. The molecule has 17 heavy (non-hydrogen) atoms. The molecular formula is C16H24O. The fourth-order valence-corrected chi connectivity index (χ4v) is 2.78. The van der Waals surface area contributed by atoms with Crippen molar-refractivity contribution in [1.82, 2.24) is 0 Å². The smallest absolute Gasteiger partial charge is 0.0896 e. The van der Waals surface area contributed by atoms with Crippen LogP contribution in [0.1, 0.15) is 69.4 Å². The fraction of sp³-hybridized carbons (Fsp3) is 0.625. The van der Waals surface area contributed by atoms with Gasteiger partial charge in [-0.05, 0) is 36.3 Å². The van der Waals surface area contributed by atoms with E-state index in [1.165, 1.54) is 18.4 Å². The van der Waals surface area contributed by atoms with Crippen LogP contribution in [0.3, 0.4) is 0 Å². The van der Waals surface area contributed by atoms with Crippen LogP contribution in [0.5, 0.6) is 0 Å². The Hall–Kier alpha value is -0.820. The lowest BCUT2D eigenvalue weighted by atomic mass is 9.79. The number of rotatable bonds is 3. The summed E-state index contributed by atoms with van der Waals surface area (Å²) in [6, 6.07) is 8.64. The maximum atomic E-state index is 10.6. The van der Waals surface area contributed by atoms with Gasteiger partial charge in [-0.2, -0.15) is 0 Å². The van der Waals surface area contributed by atoms with Gasteiger partial charge in [-0.15, -0.1) is 0 Å². The summed E-state index contributed by atoms with van der Waals surface area (Å²) in [5.74, 6) is 0.616. The van der Waals surface area contributed by atoms with Crippen LogP contribution in [0.15, 0.2) is 24.3 Å². The molecule has 1 aliphatic carbocycles. The van der Waals surface area contributed by atoms with Crippen molar-refractivity contribution in [3.05, 3.63) is 35.4 Å². The van der Waals surface area contributed by atoms with Gasteiger partial charge >= 0.3 is 0 Å². The first kappa shape index (κ1) is 12.6. The maximum absolute atomic E-state index is 10.6. The van der Waals surface area contributed by atoms with Crippen LogP contribution in [0, 0.1) is 0 Å². The third-order valence-corrected chi connectivity index (χ3v) is 4.31. The minimum Gasteiger partial charge on any atom is -0.385 e. The first-order chi connectivity index (χ1) is 8.15. The van der Waals surface area contributed by atoms with Crippen LogP contribution in [-0.2, 0) is 5.60 Å². The van der Waals surface area contributed by atoms with Crippen LogP contribution in [0.4, 0.5) is 0 Å². The highest BCUT2D eigenvalue weighted by molar-refractivity contribution is 5.29. The Labute approximate surface area is 105 Å². The van der Waals surface area contributed by atoms with Gasteiger partial charge in [0.1, 0.15) is 0 Å². The third kappa shape index (κ3) is 2.71. The zero-order valence-corrected chi connectivity index (χ0v) is 11.1. The molecule has 0 aromatic heterocycles. The molecule has 1 aromatic rings. The Morgan fingerprint density at radius 2 is 1.71 bits per heavy atom. The van der Waals surface area contributed by atoms with E-state index in [-0.39, 0.29) is 0 Å². The van der Waals surface area contributed by atoms with Crippen molar-refractivity contribution in [2.75, 3.05) is 0 Å². The molecule has 1 saturated carbocycles. The fourth-order valence-electron chi connectivity index (χ4n) is 2.78. The molecule has 0 bridgehead atoms. The lowest BCUT2D eigenvalue weighted by Crippen LogP contribution is -2.28. The predicted molar refractivity (Wildman–Crippen MR) is 72.1 cm³/mol. The minimum atomic E-state index is -0.549. The monoisotopic (exact) mass is 232 g/mol. The lowest BCUT2D eigenvalue weighted by Gasteiger charge is -2.32. The van der Waals surface area contributed by atoms with Crippen molar-refractivity contribution >= 4 is 0 Å². The van der Waals surface area contributed by atoms with Crippen LogP contribution in [-0.4, -0.2) is 5.11 Å². The topological polar surface area (TPSA) is 20.2 Å². The molecule has 0 saturated heterocycles. The van der Waals surface area contributed by atoms with E-state index < -0.39 is 5.60 Å². The van der Waals surface area contributed by atoms with E-state index in [9.17, 15) is 5.11 Å². The van der Waals surface area contributed by atoms with Crippen LogP contribution < -0.4 is 0 Å². The molecule has 1 atom stereocenters. The van der Waals surface area contributed by atoms with Gasteiger partial charge in [-0.25, -0.2) is 0 Å². The standard InChI is InChI=1S/C16H24O/c1-3-13(2)14-7-9-15(10-8-14)16(17)11-5-4-6-12-16/h7-10,13,17H,3-6,11-12H2,1-2H3. The molecule has 0 amide bonds. The van der Waals surface area contributed by atoms with E-state index in [1.807, 2.05) is 0 Å². The molecular weight excluding hydrogens is 208 g/mol. The van der Waals surface area contributed by atoms with Crippen molar-refractivity contribution in [1.29, 1.82) is 0 Å². The van der Waals surface area contributed by atoms with Crippen molar-refractivity contribution in [3.63, 3.8) is 0 Å². The molecule has 1 heteroatoms. The normalized spacial score (nSPS) is 21.1. The first-order valence-corrected chi connectivity index (χ1v) is 6.98. The Kier molecular flexibility index (Phi) is 3.88. The van der Waals surface area contributed by atoms with Gasteiger partial charge < -0.3 is 5.11 Å². The minimum absolute atomic E-state index is 0.549. The summed E-state index contributed by atoms with van der Waals surface area (Å²) >= 11 is 0. The van der Waals surface area contributed by atoms with Crippen molar-refractivity contribution in [2.24, 2.45) is 0 Å². The Balaban J connectivity index is 2.16. The molecule has 1 nitrogen and oxygen atoms in total. The number of hydrogen-bond donors (Lipinski definition) is 1. The summed E-state index contributed by atoms with van der Waals surface area (Å²) in [6.45, 7) is 4.47. The van der Waals surface area contributed by atoms with Gasteiger partial charge in [0.15, 0.2) is 0 Å². The van der Waals surface area contributed by atoms with Crippen LogP contribution in [0.25, 0.3) is 0 Å². The molecule has 2 rings (SSSR count). The second-order valence-electron chi connectivity index (χ2n) is 5.52. The second-order valence-corrected chi connectivity index (χ2v) is 5.52. The Morgan fingerprint density at radius 3 is 2.24 bits per heavy atom. The van der Waals surface area contributed by atoms with Crippen molar-refractivity contribution in [3.8, 4) is 0 Å². The first-order valence-electron chi connectivity index (χ1n) is 6.98. The van der Waals surface area contributed by atoms with Gasteiger partial charge in [0, 0.05) is 0 Å². The molecule has 1 unspecified atom stereocenters. The van der Waals surface area contributed by atoms with E-state index in [0.29, 0.717) is 5.92 Å².